The van der Waals surface area contributed by atoms with Crippen LogP contribution in [0, 0.1) is 5.41 Å². The van der Waals surface area contributed by atoms with Crippen LogP contribution in [0.15, 0.2) is 0 Å². The third-order valence-electron chi connectivity index (χ3n) is 4.59. The molecule has 8 heteroatoms. The summed E-state index contributed by atoms with van der Waals surface area (Å²) in [5, 5.41) is 12.6. The largest absolute Gasteiger partial charge is 0.356 e. The Morgan fingerprint density at radius 2 is 1.28 bits per heavy atom. The van der Waals surface area contributed by atoms with Crippen LogP contribution >= 0.6 is 0 Å². The lowest BCUT2D eigenvalue weighted by Crippen LogP contribution is -2.41. The fourth-order valence-corrected chi connectivity index (χ4v) is 2.62. The number of hydrogen-bond acceptors (Lipinski definition) is 6. The molecule has 0 aromatic rings. The van der Waals surface area contributed by atoms with Gasteiger partial charge in [0.1, 0.15) is 0 Å². The molecule has 0 saturated carbocycles. The molecular weight excluding hydrogens is 368 g/mol. The van der Waals surface area contributed by atoms with Gasteiger partial charge in [0.2, 0.25) is 11.8 Å². The summed E-state index contributed by atoms with van der Waals surface area (Å²) in [6, 6.07) is -0.479. The van der Waals surface area contributed by atoms with E-state index in [0.717, 1.165) is 71.2 Å². The second-order valence-corrected chi connectivity index (χ2v) is 8.60. The summed E-state index contributed by atoms with van der Waals surface area (Å²) in [5.41, 5.74) is 11.0. The van der Waals surface area contributed by atoms with Crippen LogP contribution in [0.2, 0.25) is 0 Å². The second kappa shape index (κ2) is 17.6. The van der Waals surface area contributed by atoms with Gasteiger partial charge in [0.15, 0.2) is 0 Å². The average molecular weight is 415 g/mol. The molecule has 0 aliphatic rings. The first kappa shape index (κ1) is 27.8. The molecule has 0 aliphatic carbocycles. The lowest BCUT2D eigenvalue weighted by molar-refractivity contribution is -0.128. The zero-order chi connectivity index (χ0) is 22.0. The lowest BCUT2D eigenvalue weighted by atomic mass is 9.95. The Labute approximate surface area is 177 Å². The van der Waals surface area contributed by atoms with Crippen molar-refractivity contribution in [3.05, 3.63) is 0 Å². The van der Waals surface area contributed by atoms with Crippen molar-refractivity contribution in [2.45, 2.75) is 71.8 Å². The van der Waals surface area contributed by atoms with Gasteiger partial charge in [-0.15, -0.1) is 0 Å². The number of carbonyl (C=O) groups excluding carboxylic acids is 2. The zero-order valence-corrected chi connectivity index (χ0v) is 18.9. The van der Waals surface area contributed by atoms with Gasteiger partial charge < -0.3 is 32.7 Å². The maximum absolute atomic E-state index is 12.0. The molecule has 1 atom stereocenters. The first-order valence-corrected chi connectivity index (χ1v) is 11.2. The molecule has 0 fully saturated rings. The van der Waals surface area contributed by atoms with Gasteiger partial charge in [0, 0.05) is 18.5 Å². The monoisotopic (exact) mass is 414 g/mol. The second-order valence-electron chi connectivity index (χ2n) is 8.60. The van der Waals surface area contributed by atoms with E-state index in [1.165, 1.54) is 0 Å². The van der Waals surface area contributed by atoms with Crippen molar-refractivity contribution in [3.63, 3.8) is 0 Å². The Bertz CT molecular complexity index is 426. The summed E-state index contributed by atoms with van der Waals surface area (Å²) in [6.45, 7) is 11.6. The Kier molecular flexibility index (Phi) is 16.9. The normalized spacial score (nSPS) is 12.6. The van der Waals surface area contributed by atoms with Crippen molar-refractivity contribution in [1.82, 2.24) is 21.3 Å². The molecule has 0 aromatic carbocycles. The van der Waals surface area contributed by atoms with Gasteiger partial charge in [-0.05, 0) is 77.7 Å². The molecule has 0 heterocycles. The smallest absolute Gasteiger partial charge is 0.236 e. The van der Waals surface area contributed by atoms with Crippen LogP contribution in [0.4, 0.5) is 0 Å². The first-order valence-electron chi connectivity index (χ1n) is 11.2. The fourth-order valence-electron chi connectivity index (χ4n) is 2.62. The molecule has 0 unspecified atom stereocenters. The quantitative estimate of drug-likeness (QED) is 0.180. The van der Waals surface area contributed by atoms with Crippen LogP contribution in [-0.2, 0) is 9.59 Å². The highest BCUT2D eigenvalue weighted by atomic mass is 16.2. The summed E-state index contributed by atoms with van der Waals surface area (Å²) >= 11 is 0. The van der Waals surface area contributed by atoms with Crippen molar-refractivity contribution < 1.29 is 9.59 Å². The molecule has 0 radical (unpaired) electrons. The molecule has 2 amide bonds. The van der Waals surface area contributed by atoms with Gasteiger partial charge >= 0.3 is 0 Å². The maximum atomic E-state index is 12.0. The Balaban J connectivity index is 3.46. The van der Waals surface area contributed by atoms with Crippen LogP contribution in [0.1, 0.15) is 65.7 Å². The van der Waals surface area contributed by atoms with E-state index >= 15 is 0 Å². The third-order valence-corrected chi connectivity index (χ3v) is 4.59. The predicted molar refractivity (Wildman–Crippen MR) is 121 cm³/mol. The van der Waals surface area contributed by atoms with E-state index in [0.29, 0.717) is 19.5 Å². The Hall–Kier alpha value is -1.22. The number of amides is 2. The molecule has 0 rings (SSSR count). The van der Waals surface area contributed by atoms with Gasteiger partial charge in [0.05, 0.1) is 6.04 Å². The van der Waals surface area contributed by atoms with E-state index in [-0.39, 0.29) is 17.2 Å². The molecule has 29 heavy (non-hydrogen) atoms. The van der Waals surface area contributed by atoms with E-state index < -0.39 is 6.04 Å². The summed E-state index contributed by atoms with van der Waals surface area (Å²) < 4.78 is 0. The van der Waals surface area contributed by atoms with Gasteiger partial charge in [-0.3, -0.25) is 9.59 Å². The minimum absolute atomic E-state index is 0.0485. The number of unbranched alkanes of at least 4 members (excludes halogenated alkanes) is 2. The topological polar surface area (TPSA) is 134 Å². The highest BCUT2D eigenvalue weighted by Gasteiger charge is 2.20. The summed E-state index contributed by atoms with van der Waals surface area (Å²) in [7, 11) is 0. The molecule has 0 aliphatic heterocycles. The Morgan fingerprint density at radius 3 is 1.86 bits per heavy atom. The third kappa shape index (κ3) is 17.4. The van der Waals surface area contributed by atoms with E-state index in [2.05, 4.69) is 21.3 Å². The van der Waals surface area contributed by atoms with Gasteiger partial charge in [-0.1, -0.05) is 20.8 Å². The lowest BCUT2D eigenvalue weighted by Gasteiger charge is -2.17. The Morgan fingerprint density at radius 1 is 0.759 bits per heavy atom. The predicted octanol–water partition coefficient (Wildman–Crippen LogP) is 0.461. The zero-order valence-electron chi connectivity index (χ0n) is 18.9. The molecular formula is C21H46N6O2. The highest BCUT2D eigenvalue weighted by molar-refractivity contribution is 5.81. The van der Waals surface area contributed by atoms with Crippen LogP contribution in [-0.4, -0.2) is 63.7 Å². The molecule has 8 N–H and O–H groups in total. The number of nitrogens with one attached hydrogen (secondary N) is 4. The van der Waals surface area contributed by atoms with E-state index in [1.54, 1.807) is 0 Å². The van der Waals surface area contributed by atoms with Crippen molar-refractivity contribution >= 4 is 11.8 Å². The minimum Gasteiger partial charge on any atom is -0.356 e. The maximum Gasteiger partial charge on any atom is 0.236 e. The van der Waals surface area contributed by atoms with Crippen molar-refractivity contribution in [1.29, 1.82) is 0 Å². The fraction of sp³-hybridized carbons (Fsp3) is 0.905. The van der Waals surface area contributed by atoms with Crippen LogP contribution in [0.5, 0.6) is 0 Å². The van der Waals surface area contributed by atoms with E-state index in [1.807, 2.05) is 20.8 Å². The minimum atomic E-state index is -0.479. The highest BCUT2D eigenvalue weighted by Crippen LogP contribution is 2.12. The SMILES string of the molecule is CC(C)(C)C(=O)NCCCC[C@@H](N)C(=O)NCCCNCCCCNCCCN. The van der Waals surface area contributed by atoms with E-state index in [9.17, 15) is 9.59 Å². The van der Waals surface area contributed by atoms with Crippen molar-refractivity contribution in [3.8, 4) is 0 Å². The number of rotatable bonds is 18. The standard InChI is InChI=1S/C21H46N6O2/c1-21(2,3)20(29)27-16-5-4-10-18(23)19(28)26-17-9-15-25-13-7-6-12-24-14-8-11-22/h18,24-25H,4-17,22-23H2,1-3H3,(H,26,28)(H,27,29)/t18-/m1/s1. The molecule has 172 valence electrons. The number of carbonyl (C=O) groups is 2. The van der Waals surface area contributed by atoms with Gasteiger partial charge in [0.25, 0.3) is 0 Å². The summed E-state index contributed by atoms with van der Waals surface area (Å²) in [5.74, 6) is -0.0420. The van der Waals surface area contributed by atoms with Crippen LogP contribution < -0.4 is 32.7 Å². The molecule has 8 nitrogen and oxygen atoms in total. The average Bonchev–Trinajstić information content (AvgIpc) is 2.67. The van der Waals surface area contributed by atoms with Crippen LogP contribution in [0.25, 0.3) is 0 Å². The van der Waals surface area contributed by atoms with Crippen LogP contribution in [0.3, 0.4) is 0 Å². The summed E-state index contributed by atoms with van der Waals surface area (Å²) in [4.78, 5) is 23.7. The van der Waals surface area contributed by atoms with Crippen molar-refractivity contribution in [2.75, 3.05) is 45.8 Å². The number of hydrogen-bond donors (Lipinski definition) is 6. The molecule has 0 bridgehead atoms. The summed E-state index contributed by atoms with van der Waals surface area (Å²) in [6.07, 6.45) is 6.51. The molecule has 0 aromatic heterocycles. The molecule has 0 saturated heterocycles. The number of nitrogens with two attached hydrogens (primary N) is 2. The first-order chi connectivity index (χ1) is 13.8. The van der Waals surface area contributed by atoms with Gasteiger partial charge in [-0.2, -0.15) is 0 Å². The van der Waals surface area contributed by atoms with E-state index in [4.69, 9.17) is 11.5 Å². The molecule has 0 spiro atoms. The van der Waals surface area contributed by atoms with Crippen molar-refractivity contribution in [2.24, 2.45) is 16.9 Å². The van der Waals surface area contributed by atoms with Gasteiger partial charge in [-0.25, -0.2) is 0 Å².